The van der Waals surface area contributed by atoms with Crippen LogP contribution in [0.1, 0.15) is 32.6 Å². The van der Waals surface area contributed by atoms with Crippen molar-refractivity contribution in [3.8, 4) is 0 Å². The van der Waals surface area contributed by atoms with Crippen molar-refractivity contribution in [3.63, 3.8) is 0 Å². The summed E-state index contributed by atoms with van der Waals surface area (Å²) in [5, 5.41) is 9.35. The van der Waals surface area contributed by atoms with Gasteiger partial charge in [0.05, 0.1) is 11.8 Å². The molecule has 0 spiro atoms. The van der Waals surface area contributed by atoms with Gasteiger partial charge in [0.15, 0.2) is 0 Å². The van der Waals surface area contributed by atoms with E-state index in [1.165, 1.54) is 4.90 Å². The molecule has 17 heavy (non-hydrogen) atoms. The summed E-state index contributed by atoms with van der Waals surface area (Å²) >= 11 is 1.81. The van der Waals surface area contributed by atoms with Gasteiger partial charge in [-0.1, -0.05) is 13.8 Å². The molecule has 1 atom stereocenters. The van der Waals surface area contributed by atoms with Crippen molar-refractivity contribution >= 4 is 11.8 Å². The lowest BCUT2D eigenvalue weighted by Crippen LogP contribution is -2.25. The van der Waals surface area contributed by atoms with Gasteiger partial charge in [-0.2, -0.15) is 0 Å². The maximum absolute atomic E-state index is 9.35. The molecule has 0 radical (unpaired) electrons. The van der Waals surface area contributed by atoms with Gasteiger partial charge in [-0.05, 0) is 32.1 Å². The van der Waals surface area contributed by atoms with Crippen LogP contribution in [-0.2, 0) is 0 Å². The van der Waals surface area contributed by atoms with Crippen LogP contribution < -0.4 is 0 Å². The van der Waals surface area contributed by atoms with Gasteiger partial charge < -0.3 is 10.0 Å². The van der Waals surface area contributed by atoms with E-state index in [4.69, 9.17) is 0 Å². The van der Waals surface area contributed by atoms with Crippen LogP contribution in [-0.4, -0.2) is 40.4 Å². The third-order valence-electron chi connectivity index (χ3n) is 2.76. The molecule has 96 valence electrons. The minimum Gasteiger partial charge on any atom is -0.387 e. The molecule has 1 aromatic rings. The van der Waals surface area contributed by atoms with Gasteiger partial charge in [-0.25, -0.2) is 0 Å². The summed E-state index contributed by atoms with van der Waals surface area (Å²) in [6.07, 6.45) is 1.36. The Hall–Kier alpha value is -0.580. The number of hydrogen-bond acceptors (Lipinski definition) is 4. The Bertz CT molecular complexity index is 310. The molecule has 0 aromatic carbocycles. The zero-order valence-electron chi connectivity index (χ0n) is 10.9. The van der Waals surface area contributed by atoms with Crippen LogP contribution in [0.2, 0.25) is 0 Å². The molecule has 1 rings (SSSR count). The van der Waals surface area contributed by atoms with Crippen LogP contribution >= 0.6 is 11.8 Å². The first-order chi connectivity index (χ1) is 8.17. The Morgan fingerprint density at radius 1 is 1.35 bits per heavy atom. The average molecular weight is 254 g/mol. The molecule has 0 bridgehead atoms. The van der Waals surface area contributed by atoms with Crippen LogP contribution in [0.3, 0.4) is 0 Å². The summed E-state index contributed by atoms with van der Waals surface area (Å²) in [4.78, 5) is 7.81. The zero-order valence-corrected chi connectivity index (χ0v) is 11.7. The second kappa shape index (κ2) is 7.69. The molecule has 1 aromatic heterocycles. The van der Waals surface area contributed by atoms with E-state index in [9.17, 15) is 5.11 Å². The summed E-state index contributed by atoms with van der Waals surface area (Å²) in [5.41, 5.74) is 0.734. The van der Waals surface area contributed by atoms with E-state index in [0.29, 0.717) is 0 Å². The molecule has 0 aliphatic heterocycles. The number of aliphatic hydroxyl groups excluding tert-OH is 1. The summed E-state index contributed by atoms with van der Waals surface area (Å²) in [6.45, 7) is 9.43. The largest absolute Gasteiger partial charge is 0.387 e. The lowest BCUT2D eigenvalue weighted by atomic mass is 10.2. The van der Waals surface area contributed by atoms with Crippen LogP contribution in [0, 0.1) is 0 Å². The molecule has 4 heteroatoms. The highest BCUT2D eigenvalue weighted by Crippen LogP contribution is 2.18. The standard InChI is InChI=1S/C13H22N2OS/c1-4-15(5-2)8-9-17-12-6-7-13(11(3)16)14-10-12/h6-7,10-11,16H,4-5,8-9H2,1-3H3/t11-/m1/s1. The maximum atomic E-state index is 9.35. The van der Waals surface area contributed by atoms with E-state index in [1.54, 1.807) is 6.92 Å². The summed E-state index contributed by atoms with van der Waals surface area (Å²) in [7, 11) is 0. The van der Waals surface area contributed by atoms with Crippen molar-refractivity contribution in [1.29, 1.82) is 0 Å². The topological polar surface area (TPSA) is 36.4 Å². The highest BCUT2D eigenvalue weighted by molar-refractivity contribution is 7.99. The maximum Gasteiger partial charge on any atom is 0.0931 e. The molecule has 3 nitrogen and oxygen atoms in total. The highest BCUT2D eigenvalue weighted by Gasteiger charge is 2.03. The number of aromatic nitrogens is 1. The van der Waals surface area contributed by atoms with Crippen molar-refractivity contribution in [2.75, 3.05) is 25.4 Å². The van der Waals surface area contributed by atoms with Crippen molar-refractivity contribution in [3.05, 3.63) is 24.0 Å². The Kier molecular flexibility index (Phi) is 6.55. The molecule has 1 N–H and O–H groups in total. The molecular weight excluding hydrogens is 232 g/mol. The number of rotatable bonds is 7. The van der Waals surface area contributed by atoms with E-state index in [-0.39, 0.29) is 0 Å². The molecule has 0 unspecified atom stereocenters. The smallest absolute Gasteiger partial charge is 0.0931 e. The van der Waals surface area contributed by atoms with Gasteiger partial charge >= 0.3 is 0 Å². The highest BCUT2D eigenvalue weighted by atomic mass is 32.2. The predicted octanol–water partition coefficient (Wildman–Crippen LogP) is 2.57. The van der Waals surface area contributed by atoms with Crippen molar-refractivity contribution in [2.24, 2.45) is 0 Å². The number of aliphatic hydroxyl groups is 1. The summed E-state index contributed by atoms with van der Waals surface area (Å²) in [5.74, 6) is 1.08. The van der Waals surface area contributed by atoms with E-state index in [0.717, 1.165) is 31.1 Å². The van der Waals surface area contributed by atoms with E-state index >= 15 is 0 Å². The van der Waals surface area contributed by atoms with E-state index < -0.39 is 6.10 Å². The van der Waals surface area contributed by atoms with E-state index in [2.05, 4.69) is 23.7 Å². The van der Waals surface area contributed by atoms with Crippen molar-refractivity contribution in [1.82, 2.24) is 9.88 Å². The SMILES string of the molecule is CCN(CC)CCSc1ccc([C@@H](C)O)nc1. The van der Waals surface area contributed by atoms with Gasteiger partial charge in [-0.3, -0.25) is 4.98 Å². The molecular formula is C13H22N2OS. The van der Waals surface area contributed by atoms with Gasteiger partial charge in [0, 0.05) is 23.4 Å². The van der Waals surface area contributed by atoms with Crippen LogP contribution in [0.4, 0.5) is 0 Å². The molecule has 0 saturated carbocycles. The van der Waals surface area contributed by atoms with Crippen LogP contribution in [0.5, 0.6) is 0 Å². The molecule has 0 saturated heterocycles. The lowest BCUT2D eigenvalue weighted by Gasteiger charge is -2.17. The Labute approximate surface area is 108 Å². The van der Waals surface area contributed by atoms with E-state index in [1.807, 2.05) is 30.1 Å². The molecule has 0 aliphatic rings. The molecule has 1 heterocycles. The third-order valence-corrected chi connectivity index (χ3v) is 3.72. The minimum absolute atomic E-state index is 0.482. The van der Waals surface area contributed by atoms with Crippen molar-refractivity contribution in [2.45, 2.75) is 31.8 Å². The number of nitrogens with zero attached hydrogens (tertiary/aromatic N) is 2. The Balaban J connectivity index is 2.37. The summed E-state index contributed by atoms with van der Waals surface area (Å²) in [6, 6.07) is 3.92. The third kappa shape index (κ3) is 5.06. The molecule has 0 aliphatic carbocycles. The van der Waals surface area contributed by atoms with Gasteiger partial charge in [0.1, 0.15) is 0 Å². The van der Waals surface area contributed by atoms with Gasteiger partial charge in [-0.15, -0.1) is 11.8 Å². The summed E-state index contributed by atoms with van der Waals surface area (Å²) < 4.78 is 0. The fraction of sp³-hybridized carbons (Fsp3) is 0.615. The van der Waals surface area contributed by atoms with Crippen LogP contribution in [0.25, 0.3) is 0 Å². The predicted molar refractivity (Wildman–Crippen MR) is 73.4 cm³/mol. The Morgan fingerprint density at radius 2 is 2.06 bits per heavy atom. The second-order valence-corrected chi connectivity index (χ2v) is 5.14. The molecule has 0 fully saturated rings. The first-order valence-electron chi connectivity index (χ1n) is 6.16. The first-order valence-corrected chi connectivity index (χ1v) is 7.15. The number of hydrogen-bond donors (Lipinski definition) is 1. The Morgan fingerprint density at radius 3 is 2.53 bits per heavy atom. The lowest BCUT2D eigenvalue weighted by molar-refractivity contribution is 0.194. The molecule has 0 amide bonds. The monoisotopic (exact) mass is 254 g/mol. The fourth-order valence-electron chi connectivity index (χ4n) is 1.56. The minimum atomic E-state index is -0.482. The van der Waals surface area contributed by atoms with Gasteiger partial charge in [0.25, 0.3) is 0 Å². The number of pyridine rings is 1. The number of thioether (sulfide) groups is 1. The fourth-order valence-corrected chi connectivity index (χ4v) is 2.43. The zero-order chi connectivity index (χ0) is 12.7. The van der Waals surface area contributed by atoms with Crippen molar-refractivity contribution < 1.29 is 5.11 Å². The van der Waals surface area contributed by atoms with Crippen LogP contribution in [0.15, 0.2) is 23.2 Å². The van der Waals surface area contributed by atoms with Gasteiger partial charge in [0.2, 0.25) is 0 Å². The quantitative estimate of drug-likeness (QED) is 0.759. The normalized spacial score (nSPS) is 13.0. The average Bonchev–Trinajstić information content (AvgIpc) is 2.35. The second-order valence-electron chi connectivity index (χ2n) is 3.97. The first kappa shape index (κ1) is 14.5.